The zero-order valence-electron chi connectivity index (χ0n) is 15.6. The number of nitrogens with zero attached hydrogens (tertiary/aromatic N) is 4. The molecule has 28 heavy (non-hydrogen) atoms. The van der Waals surface area contributed by atoms with E-state index in [9.17, 15) is 9.59 Å². The molecule has 1 aromatic carbocycles. The molecule has 0 radical (unpaired) electrons. The van der Waals surface area contributed by atoms with Gasteiger partial charge in [-0.05, 0) is 44.0 Å². The van der Waals surface area contributed by atoms with Gasteiger partial charge >= 0.3 is 0 Å². The van der Waals surface area contributed by atoms with Crippen molar-refractivity contribution in [1.82, 2.24) is 25.0 Å². The molecule has 2 N–H and O–H groups in total. The van der Waals surface area contributed by atoms with Gasteiger partial charge in [0.1, 0.15) is 11.5 Å². The second kappa shape index (κ2) is 6.73. The summed E-state index contributed by atoms with van der Waals surface area (Å²) in [5, 5.41) is 14.4. The molecule has 0 atom stereocenters. The summed E-state index contributed by atoms with van der Waals surface area (Å²) in [5.41, 5.74) is 3.48. The van der Waals surface area contributed by atoms with Crippen LogP contribution < -0.4 is 10.9 Å². The molecule has 4 rings (SSSR count). The Morgan fingerprint density at radius 3 is 2.64 bits per heavy atom. The van der Waals surface area contributed by atoms with Crippen LogP contribution in [0.3, 0.4) is 0 Å². The standard InChI is InChI=1S/C20H18N6O2/c1-11-5-4-6-14-12(2)9-16(21-19(11)14)26-17(10-13(3)25-26)22-20(28)15-7-8-18(27)24-23-15/h4-10H,1-3H3,(H,22,28)(H,24,27). The highest BCUT2D eigenvalue weighted by Crippen LogP contribution is 2.24. The molecule has 3 aromatic heterocycles. The number of rotatable bonds is 3. The van der Waals surface area contributed by atoms with Gasteiger partial charge in [-0.25, -0.2) is 10.1 Å². The van der Waals surface area contributed by atoms with Crippen LogP contribution in [0, 0.1) is 20.8 Å². The fourth-order valence-corrected chi connectivity index (χ4v) is 3.07. The van der Waals surface area contributed by atoms with E-state index in [1.807, 2.05) is 45.0 Å². The number of aromatic nitrogens is 5. The van der Waals surface area contributed by atoms with Crippen molar-refractivity contribution in [3.63, 3.8) is 0 Å². The van der Waals surface area contributed by atoms with E-state index in [-0.39, 0.29) is 11.3 Å². The summed E-state index contributed by atoms with van der Waals surface area (Å²) >= 11 is 0. The van der Waals surface area contributed by atoms with Crippen molar-refractivity contribution in [2.24, 2.45) is 0 Å². The highest BCUT2D eigenvalue weighted by atomic mass is 16.2. The smallest absolute Gasteiger partial charge is 0.277 e. The van der Waals surface area contributed by atoms with Gasteiger partial charge in [0.25, 0.3) is 11.5 Å². The lowest BCUT2D eigenvalue weighted by atomic mass is 10.1. The van der Waals surface area contributed by atoms with Gasteiger partial charge in [0.05, 0.1) is 11.2 Å². The number of benzene rings is 1. The molecular formula is C20H18N6O2. The van der Waals surface area contributed by atoms with Crippen molar-refractivity contribution in [3.05, 3.63) is 75.3 Å². The molecule has 0 aliphatic heterocycles. The zero-order chi connectivity index (χ0) is 19.8. The van der Waals surface area contributed by atoms with Crippen LogP contribution in [0.4, 0.5) is 5.82 Å². The van der Waals surface area contributed by atoms with E-state index in [1.165, 1.54) is 12.1 Å². The van der Waals surface area contributed by atoms with Crippen LogP contribution in [0.5, 0.6) is 0 Å². The lowest BCUT2D eigenvalue weighted by Crippen LogP contribution is -2.19. The van der Waals surface area contributed by atoms with E-state index in [2.05, 4.69) is 20.6 Å². The third kappa shape index (κ3) is 3.16. The first-order valence-corrected chi connectivity index (χ1v) is 8.73. The first-order valence-electron chi connectivity index (χ1n) is 8.73. The Balaban J connectivity index is 1.77. The molecule has 4 aromatic rings. The van der Waals surface area contributed by atoms with Crippen molar-refractivity contribution in [2.75, 3.05) is 5.32 Å². The fraction of sp³-hybridized carbons (Fsp3) is 0.150. The number of carbonyl (C=O) groups excluding carboxylic acids is 1. The Labute approximate surface area is 160 Å². The fourth-order valence-electron chi connectivity index (χ4n) is 3.07. The summed E-state index contributed by atoms with van der Waals surface area (Å²) in [6, 6.07) is 12.4. The first kappa shape index (κ1) is 17.6. The SMILES string of the molecule is Cc1cc(NC(=O)c2ccc(=O)[nH]n2)n(-c2cc(C)c3cccc(C)c3n2)n1. The third-order valence-electron chi connectivity index (χ3n) is 4.44. The Morgan fingerprint density at radius 2 is 1.89 bits per heavy atom. The highest BCUT2D eigenvalue weighted by molar-refractivity contribution is 6.02. The van der Waals surface area contributed by atoms with Gasteiger partial charge in [0.2, 0.25) is 0 Å². The van der Waals surface area contributed by atoms with Gasteiger partial charge in [-0.1, -0.05) is 18.2 Å². The lowest BCUT2D eigenvalue weighted by molar-refractivity contribution is 0.102. The minimum Gasteiger partial charge on any atom is -0.305 e. The van der Waals surface area contributed by atoms with Crippen molar-refractivity contribution < 1.29 is 4.79 Å². The van der Waals surface area contributed by atoms with E-state index in [1.54, 1.807) is 10.7 Å². The van der Waals surface area contributed by atoms with Gasteiger partial charge in [-0.15, -0.1) is 0 Å². The number of fused-ring (bicyclic) bond motifs is 1. The number of para-hydroxylation sites is 1. The second-order valence-corrected chi connectivity index (χ2v) is 6.61. The minimum atomic E-state index is -0.453. The summed E-state index contributed by atoms with van der Waals surface area (Å²) in [5.74, 6) is 0.624. The molecule has 0 saturated carbocycles. The number of hydrogen-bond donors (Lipinski definition) is 2. The van der Waals surface area contributed by atoms with Gasteiger partial charge in [-0.3, -0.25) is 9.59 Å². The van der Waals surface area contributed by atoms with Crippen LogP contribution in [0.15, 0.2) is 47.3 Å². The summed E-state index contributed by atoms with van der Waals surface area (Å²) in [6.07, 6.45) is 0. The van der Waals surface area contributed by atoms with E-state index in [0.29, 0.717) is 11.6 Å². The maximum atomic E-state index is 12.5. The summed E-state index contributed by atoms with van der Waals surface area (Å²) in [4.78, 5) is 28.4. The molecule has 0 unspecified atom stereocenters. The van der Waals surface area contributed by atoms with Crippen LogP contribution in [0.1, 0.15) is 27.3 Å². The molecule has 8 nitrogen and oxygen atoms in total. The molecule has 0 aliphatic carbocycles. The number of carbonyl (C=O) groups is 1. The van der Waals surface area contributed by atoms with Crippen LogP contribution >= 0.6 is 0 Å². The molecule has 1 amide bonds. The highest BCUT2D eigenvalue weighted by Gasteiger charge is 2.15. The van der Waals surface area contributed by atoms with E-state index >= 15 is 0 Å². The number of hydrogen-bond acceptors (Lipinski definition) is 5. The van der Waals surface area contributed by atoms with Crippen molar-refractivity contribution in [3.8, 4) is 5.82 Å². The normalized spacial score (nSPS) is 11.0. The van der Waals surface area contributed by atoms with Gasteiger partial charge in [0.15, 0.2) is 5.82 Å². The molecule has 0 bridgehead atoms. The van der Waals surface area contributed by atoms with E-state index < -0.39 is 5.91 Å². The largest absolute Gasteiger partial charge is 0.305 e. The Kier molecular flexibility index (Phi) is 4.23. The Hall–Kier alpha value is -3.81. The molecule has 3 heterocycles. The third-order valence-corrected chi connectivity index (χ3v) is 4.44. The van der Waals surface area contributed by atoms with Crippen molar-refractivity contribution in [1.29, 1.82) is 0 Å². The Morgan fingerprint density at radius 1 is 1.07 bits per heavy atom. The minimum absolute atomic E-state index is 0.100. The van der Waals surface area contributed by atoms with Crippen LogP contribution in [0.25, 0.3) is 16.7 Å². The molecule has 0 fully saturated rings. The Bertz CT molecular complexity index is 1250. The molecular weight excluding hydrogens is 356 g/mol. The maximum Gasteiger partial charge on any atom is 0.277 e. The summed E-state index contributed by atoms with van der Waals surface area (Å²) in [7, 11) is 0. The van der Waals surface area contributed by atoms with Crippen molar-refractivity contribution >= 4 is 22.6 Å². The molecule has 140 valence electrons. The predicted octanol–water partition coefficient (Wildman–Crippen LogP) is 2.68. The number of aryl methyl sites for hydroxylation is 3. The van der Waals surface area contributed by atoms with Crippen LogP contribution in [-0.4, -0.2) is 30.9 Å². The first-order chi connectivity index (χ1) is 13.4. The second-order valence-electron chi connectivity index (χ2n) is 6.61. The average Bonchev–Trinajstić information content (AvgIpc) is 3.03. The van der Waals surface area contributed by atoms with Gasteiger partial charge < -0.3 is 5.32 Å². The molecule has 0 saturated heterocycles. The van der Waals surface area contributed by atoms with Crippen molar-refractivity contribution in [2.45, 2.75) is 20.8 Å². The number of aromatic amines is 1. The van der Waals surface area contributed by atoms with Gasteiger partial charge in [-0.2, -0.15) is 14.9 Å². The molecule has 0 aliphatic rings. The lowest BCUT2D eigenvalue weighted by Gasteiger charge is -2.11. The van der Waals surface area contributed by atoms with Gasteiger partial charge in [0, 0.05) is 17.5 Å². The quantitative estimate of drug-likeness (QED) is 0.573. The maximum absolute atomic E-state index is 12.5. The zero-order valence-corrected chi connectivity index (χ0v) is 15.6. The number of anilines is 1. The number of H-pyrrole nitrogens is 1. The number of pyridine rings is 1. The predicted molar refractivity (Wildman–Crippen MR) is 106 cm³/mol. The molecule has 0 spiro atoms. The monoisotopic (exact) mass is 374 g/mol. The summed E-state index contributed by atoms with van der Waals surface area (Å²) in [6.45, 7) is 5.87. The number of nitrogens with one attached hydrogen (secondary N) is 2. The van der Waals surface area contributed by atoms with E-state index in [4.69, 9.17) is 4.98 Å². The van der Waals surface area contributed by atoms with E-state index in [0.717, 1.165) is 27.7 Å². The molecule has 8 heteroatoms. The topological polar surface area (TPSA) is 106 Å². The van der Waals surface area contributed by atoms with Crippen LogP contribution in [0.2, 0.25) is 0 Å². The average molecular weight is 374 g/mol. The number of amides is 1. The van der Waals surface area contributed by atoms with Crippen LogP contribution in [-0.2, 0) is 0 Å². The summed E-state index contributed by atoms with van der Waals surface area (Å²) < 4.78 is 1.60.